The van der Waals surface area contributed by atoms with E-state index < -0.39 is 11.9 Å². The van der Waals surface area contributed by atoms with Crippen LogP contribution in [0.15, 0.2) is 87.1 Å². The molecule has 0 aliphatic rings. The molecule has 0 bridgehead atoms. The molecule has 4 aromatic rings. The molecule has 1 aromatic heterocycles. The predicted molar refractivity (Wildman–Crippen MR) is 135 cm³/mol. The number of para-hydroxylation sites is 1. The molecule has 0 amide bonds. The first-order valence-electron chi connectivity index (χ1n) is 11.3. The number of carbonyl (C=O) groups excluding carboxylic acids is 2. The van der Waals surface area contributed by atoms with Gasteiger partial charge in [0, 0.05) is 31.2 Å². The normalized spacial score (nSPS) is 11.7. The van der Waals surface area contributed by atoms with E-state index >= 15 is 0 Å². The van der Waals surface area contributed by atoms with Crippen LogP contribution in [0, 0.1) is 11.3 Å². The van der Waals surface area contributed by atoms with Gasteiger partial charge in [-0.3, -0.25) is 9.59 Å². The van der Waals surface area contributed by atoms with Crippen LogP contribution in [0.3, 0.4) is 0 Å². The highest BCUT2D eigenvalue weighted by molar-refractivity contribution is 5.84. The van der Waals surface area contributed by atoms with E-state index in [9.17, 15) is 25.1 Å². The van der Waals surface area contributed by atoms with Gasteiger partial charge in [-0.15, -0.1) is 10.2 Å². The zero-order valence-electron chi connectivity index (χ0n) is 20.3. The van der Waals surface area contributed by atoms with Gasteiger partial charge in [-0.25, -0.2) is 0 Å². The minimum Gasteiger partial charge on any atom is -0.508 e. The minimum absolute atomic E-state index is 0.0124. The zero-order chi connectivity index (χ0) is 27.2. The molecule has 0 aliphatic carbocycles. The number of allylic oxidation sites excluding steroid dienone is 1. The molecular weight excluding hydrogens is 490 g/mol. The van der Waals surface area contributed by atoms with Gasteiger partial charge in [0.25, 0.3) is 0 Å². The molecule has 0 aliphatic heterocycles. The SMILES string of the molecule is CC(=O)OC(=C(C#N)N=Nc1cc(Cc2cc(O)ccc2O)ccc1OC(C)=O)c1cc2ccccc2o1. The molecule has 190 valence electrons. The Hall–Kier alpha value is -5.43. The van der Waals surface area contributed by atoms with Crippen molar-refractivity contribution in [3.8, 4) is 23.3 Å². The Bertz CT molecular complexity index is 1610. The van der Waals surface area contributed by atoms with E-state index in [2.05, 4.69) is 10.2 Å². The van der Waals surface area contributed by atoms with Crippen molar-refractivity contribution in [3.63, 3.8) is 0 Å². The Morgan fingerprint density at radius 1 is 1.00 bits per heavy atom. The molecule has 10 heteroatoms. The first-order valence-corrected chi connectivity index (χ1v) is 11.3. The molecule has 0 atom stereocenters. The number of azo groups is 1. The van der Waals surface area contributed by atoms with Crippen molar-refractivity contribution in [1.29, 1.82) is 5.26 Å². The van der Waals surface area contributed by atoms with Gasteiger partial charge in [-0.05, 0) is 48.0 Å². The third kappa shape index (κ3) is 6.03. The summed E-state index contributed by atoms with van der Waals surface area (Å²) >= 11 is 0. The molecule has 0 fully saturated rings. The number of rotatable bonds is 7. The standard InChI is InChI=1S/C28H21N3O7/c1-16(32)36-26-10-7-18(11-20-13-21(34)8-9-24(20)35)12-22(26)30-31-23(15-29)28(37-17(2)33)27-14-19-5-3-4-6-25(19)38-27/h3-10,12-14,34-35H,11H2,1-2H3. The van der Waals surface area contributed by atoms with Crippen molar-refractivity contribution in [2.75, 3.05) is 0 Å². The number of ether oxygens (including phenoxy) is 2. The van der Waals surface area contributed by atoms with Crippen molar-refractivity contribution < 1.29 is 33.7 Å². The van der Waals surface area contributed by atoms with Crippen LogP contribution in [0.1, 0.15) is 30.7 Å². The van der Waals surface area contributed by atoms with Crippen LogP contribution in [-0.2, 0) is 20.7 Å². The van der Waals surface area contributed by atoms with E-state index in [-0.39, 0.29) is 46.6 Å². The molecule has 0 saturated heterocycles. The van der Waals surface area contributed by atoms with Gasteiger partial charge in [-0.1, -0.05) is 24.3 Å². The van der Waals surface area contributed by atoms with Crippen molar-refractivity contribution in [2.24, 2.45) is 10.2 Å². The molecule has 1 heterocycles. The van der Waals surface area contributed by atoms with E-state index in [4.69, 9.17) is 13.9 Å². The van der Waals surface area contributed by atoms with E-state index in [0.29, 0.717) is 16.7 Å². The first-order chi connectivity index (χ1) is 18.2. The molecule has 3 aromatic carbocycles. The molecule has 2 N–H and O–H groups in total. The maximum absolute atomic E-state index is 11.8. The molecule has 0 saturated carbocycles. The van der Waals surface area contributed by atoms with Crippen molar-refractivity contribution in [2.45, 2.75) is 20.3 Å². The lowest BCUT2D eigenvalue weighted by molar-refractivity contribution is -0.134. The van der Waals surface area contributed by atoms with E-state index in [0.717, 1.165) is 5.39 Å². The van der Waals surface area contributed by atoms with Gasteiger partial charge in [0.1, 0.15) is 28.8 Å². The Labute approximate surface area is 216 Å². The number of aromatic hydroxyl groups is 2. The monoisotopic (exact) mass is 511 g/mol. The average Bonchev–Trinajstić information content (AvgIpc) is 3.31. The molecule has 0 spiro atoms. The number of hydrogen-bond donors (Lipinski definition) is 2. The fraction of sp³-hybridized carbons (Fsp3) is 0.107. The highest BCUT2D eigenvalue weighted by Crippen LogP contribution is 2.34. The lowest BCUT2D eigenvalue weighted by Gasteiger charge is -2.09. The Morgan fingerprint density at radius 3 is 2.50 bits per heavy atom. The molecule has 10 nitrogen and oxygen atoms in total. The second-order valence-electron chi connectivity index (χ2n) is 8.12. The lowest BCUT2D eigenvalue weighted by atomic mass is 10.0. The minimum atomic E-state index is -0.697. The molecular formula is C28H21N3O7. The van der Waals surface area contributed by atoms with Crippen LogP contribution in [0.25, 0.3) is 16.7 Å². The summed E-state index contributed by atoms with van der Waals surface area (Å²) in [6.07, 6.45) is 0.210. The second kappa shape index (κ2) is 11.1. The fourth-order valence-corrected chi connectivity index (χ4v) is 3.60. The van der Waals surface area contributed by atoms with E-state index in [1.807, 2.05) is 12.1 Å². The van der Waals surface area contributed by atoms with Crippen LogP contribution in [0.4, 0.5) is 5.69 Å². The van der Waals surface area contributed by atoms with Crippen molar-refractivity contribution in [3.05, 3.63) is 89.3 Å². The number of furan rings is 1. The number of benzene rings is 3. The number of fused-ring (bicyclic) bond motifs is 1. The van der Waals surface area contributed by atoms with E-state index in [1.165, 1.54) is 38.1 Å². The molecule has 38 heavy (non-hydrogen) atoms. The summed E-state index contributed by atoms with van der Waals surface area (Å²) in [5.74, 6) is -1.38. The maximum atomic E-state index is 11.8. The van der Waals surface area contributed by atoms with Crippen LogP contribution >= 0.6 is 0 Å². The number of phenolic OH excluding ortho intramolecular Hbond substituents is 2. The summed E-state index contributed by atoms with van der Waals surface area (Å²) in [5, 5.41) is 38.5. The maximum Gasteiger partial charge on any atom is 0.308 e. The highest BCUT2D eigenvalue weighted by atomic mass is 16.5. The average molecular weight is 511 g/mol. The number of carbonyl (C=O) groups is 2. The highest BCUT2D eigenvalue weighted by Gasteiger charge is 2.19. The number of phenols is 2. The summed E-state index contributed by atoms with van der Waals surface area (Å²) in [7, 11) is 0. The summed E-state index contributed by atoms with van der Waals surface area (Å²) in [6, 6.07) is 19.4. The van der Waals surface area contributed by atoms with Crippen LogP contribution < -0.4 is 4.74 Å². The van der Waals surface area contributed by atoms with Gasteiger partial charge in [0.2, 0.25) is 11.5 Å². The van der Waals surface area contributed by atoms with Gasteiger partial charge in [0.15, 0.2) is 11.5 Å². The number of nitrogens with zero attached hydrogens (tertiary/aromatic N) is 3. The molecule has 0 unspecified atom stereocenters. The largest absolute Gasteiger partial charge is 0.508 e. The third-order valence-electron chi connectivity index (χ3n) is 5.21. The van der Waals surface area contributed by atoms with Gasteiger partial charge >= 0.3 is 11.9 Å². The zero-order valence-corrected chi connectivity index (χ0v) is 20.3. The lowest BCUT2D eigenvalue weighted by Crippen LogP contribution is -2.02. The summed E-state index contributed by atoms with van der Waals surface area (Å²) in [4.78, 5) is 23.4. The van der Waals surface area contributed by atoms with Crippen LogP contribution in [-0.4, -0.2) is 22.2 Å². The number of hydrogen-bond acceptors (Lipinski definition) is 10. The molecule has 0 radical (unpaired) electrons. The third-order valence-corrected chi connectivity index (χ3v) is 5.21. The Balaban J connectivity index is 1.77. The Kier molecular flexibility index (Phi) is 7.49. The second-order valence-corrected chi connectivity index (χ2v) is 8.12. The van der Waals surface area contributed by atoms with Gasteiger partial charge in [-0.2, -0.15) is 5.26 Å². The van der Waals surface area contributed by atoms with Crippen molar-refractivity contribution in [1.82, 2.24) is 0 Å². The number of nitriles is 1. The van der Waals surface area contributed by atoms with Crippen LogP contribution in [0.2, 0.25) is 0 Å². The topological polar surface area (TPSA) is 155 Å². The number of esters is 2. The fourth-order valence-electron chi connectivity index (χ4n) is 3.60. The van der Waals surface area contributed by atoms with Crippen LogP contribution in [0.5, 0.6) is 17.2 Å². The van der Waals surface area contributed by atoms with Gasteiger partial charge in [0.05, 0.1) is 0 Å². The quantitative estimate of drug-likeness (QED) is 0.0776. The Morgan fingerprint density at radius 2 is 1.79 bits per heavy atom. The summed E-state index contributed by atoms with van der Waals surface area (Å²) in [5.41, 5.74) is 1.34. The van der Waals surface area contributed by atoms with E-state index in [1.54, 1.807) is 36.4 Å². The summed E-state index contributed by atoms with van der Waals surface area (Å²) in [6.45, 7) is 2.40. The summed E-state index contributed by atoms with van der Waals surface area (Å²) < 4.78 is 16.2. The van der Waals surface area contributed by atoms with Gasteiger partial charge < -0.3 is 24.1 Å². The first kappa shape index (κ1) is 25.7. The smallest absolute Gasteiger partial charge is 0.308 e. The van der Waals surface area contributed by atoms with Crippen molar-refractivity contribution >= 4 is 34.4 Å². The molecule has 4 rings (SSSR count). The predicted octanol–water partition coefficient (Wildman–Crippen LogP) is 5.90.